The van der Waals surface area contributed by atoms with Gasteiger partial charge in [0.1, 0.15) is 6.54 Å². The Kier molecular flexibility index (Phi) is 4.95. The lowest BCUT2D eigenvalue weighted by molar-refractivity contribution is -0.148. The van der Waals surface area contributed by atoms with Crippen LogP contribution in [0.5, 0.6) is 0 Å². The lowest BCUT2D eigenvalue weighted by atomic mass is 10.1. The average molecular weight is 253 g/mol. The van der Waals surface area contributed by atoms with E-state index < -0.39 is 5.97 Å². The smallest absolute Gasteiger partial charge is 0.337 e. The van der Waals surface area contributed by atoms with Gasteiger partial charge in [-0.3, -0.25) is 4.79 Å². The number of carboxylic acids is 1. The number of ether oxygens (including phenoxy) is 1. The van der Waals surface area contributed by atoms with Gasteiger partial charge in [0.2, 0.25) is 0 Å². The topological polar surface area (TPSA) is 68.5 Å². The van der Waals surface area contributed by atoms with E-state index in [9.17, 15) is 9.59 Å². The molecule has 0 spiro atoms. The zero-order valence-electron chi connectivity index (χ0n) is 11.0. The molecule has 1 N–H and O–H groups in total. The number of hydrogen-bond donors (Lipinski definition) is 1. The van der Waals surface area contributed by atoms with Gasteiger partial charge in [-0.15, -0.1) is 0 Å². The highest BCUT2D eigenvalue weighted by molar-refractivity contribution is 5.89. The van der Waals surface area contributed by atoms with Gasteiger partial charge in [-0.25, -0.2) is 4.79 Å². The Morgan fingerprint density at radius 2 is 2.11 bits per heavy atom. The molecule has 0 atom stereocenters. The lowest BCUT2D eigenvalue weighted by Crippen LogP contribution is -2.19. The summed E-state index contributed by atoms with van der Waals surface area (Å²) in [5.74, 6) is -1.32. The van der Waals surface area contributed by atoms with Crippen molar-refractivity contribution in [2.75, 3.05) is 0 Å². The number of carbonyl (C=O) groups is 2. The van der Waals surface area contributed by atoms with E-state index in [1.807, 2.05) is 6.92 Å². The number of aromatic carboxylic acids is 1. The van der Waals surface area contributed by atoms with Crippen LogP contribution in [0, 0.1) is 0 Å². The minimum absolute atomic E-state index is 0.0563. The Balaban J connectivity index is 2.88. The molecular formula is C13H19NO4. The fraction of sp³-hybridized carbons (Fsp3) is 0.538. The molecule has 0 aliphatic heterocycles. The molecule has 0 bridgehead atoms. The molecule has 0 saturated carbocycles. The largest absolute Gasteiger partial charge is 0.478 e. The molecule has 5 nitrogen and oxygen atoms in total. The van der Waals surface area contributed by atoms with Gasteiger partial charge in [0.05, 0.1) is 11.7 Å². The monoisotopic (exact) mass is 253 g/mol. The molecule has 1 aromatic heterocycles. The standard InChI is InChI=1S/C13H19NO4/c1-4-5-11-10(13(16)17)6-7-14(11)8-12(15)18-9(2)3/h6-7,9H,4-5,8H2,1-3H3,(H,16,17). The van der Waals surface area contributed by atoms with Crippen LogP contribution in [0.4, 0.5) is 0 Å². The summed E-state index contributed by atoms with van der Waals surface area (Å²) in [6, 6.07) is 1.52. The number of carbonyl (C=O) groups excluding carboxylic acids is 1. The Hall–Kier alpha value is -1.78. The van der Waals surface area contributed by atoms with E-state index in [1.54, 1.807) is 24.6 Å². The Bertz CT molecular complexity index is 434. The summed E-state index contributed by atoms with van der Waals surface area (Å²) in [5, 5.41) is 9.06. The maximum Gasteiger partial charge on any atom is 0.337 e. The third-order valence-electron chi connectivity index (χ3n) is 2.46. The summed E-state index contributed by atoms with van der Waals surface area (Å²) in [7, 11) is 0. The summed E-state index contributed by atoms with van der Waals surface area (Å²) in [6.07, 6.45) is 2.91. The van der Waals surface area contributed by atoms with Crippen molar-refractivity contribution in [2.45, 2.75) is 46.3 Å². The van der Waals surface area contributed by atoms with Crippen molar-refractivity contribution >= 4 is 11.9 Å². The first-order valence-corrected chi connectivity index (χ1v) is 6.06. The van der Waals surface area contributed by atoms with Crippen molar-refractivity contribution in [3.63, 3.8) is 0 Å². The van der Waals surface area contributed by atoms with E-state index in [1.165, 1.54) is 6.07 Å². The Morgan fingerprint density at radius 1 is 1.44 bits per heavy atom. The van der Waals surface area contributed by atoms with Crippen LogP contribution in [0.3, 0.4) is 0 Å². The molecule has 0 fully saturated rings. The Morgan fingerprint density at radius 3 is 2.61 bits per heavy atom. The number of esters is 1. The molecule has 0 amide bonds. The molecule has 100 valence electrons. The second kappa shape index (κ2) is 6.23. The molecule has 1 aromatic rings. The average Bonchev–Trinajstić information content (AvgIpc) is 2.61. The van der Waals surface area contributed by atoms with Gasteiger partial charge in [0, 0.05) is 11.9 Å². The number of hydrogen-bond acceptors (Lipinski definition) is 3. The van der Waals surface area contributed by atoms with Gasteiger partial charge < -0.3 is 14.4 Å². The van der Waals surface area contributed by atoms with Crippen LogP contribution in [-0.4, -0.2) is 27.7 Å². The van der Waals surface area contributed by atoms with Crippen LogP contribution >= 0.6 is 0 Å². The summed E-state index contributed by atoms with van der Waals surface area (Å²) in [5.41, 5.74) is 0.930. The number of nitrogens with zero attached hydrogens (tertiary/aromatic N) is 1. The summed E-state index contributed by atoms with van der Waals surface area (Å²) in [4.78, 5) is 22.6. The van der Waals surface area contributed by atoms with E-state index in [4.69, 9.17) is 9.84 Å². The summed E-state index contributed by atoms with van der Waals surface area (Å²) in [6.45, 7) is 5.59. The van der Waals surface area contributed by atoms with E-state index in [0.29, 0.717) is 12.1 Å². The molecule has 18 heavy (non-hydrogen) atoms. The van der Waals surface area contributed by atoms with Crippen LogP contribution in [0.15, 0.2) is 12.3 Å². The number of aromatic nitrogens is 1. The lowest BCUT2D eigenvalue weighted by Gasteiger charge is -2.11. The van der Waals surface area contributed by atoms with Gasteiger partial charge in [-0.1, -0.05) is 13.3 Å². The van der Waals surface area contributed by atoms with Gasteiger partial charge in [0.25, 0.3) is 0 Å². The molecule has 0 saturated heterocycles. The minimum atomic E-state index is -0.963. The van der Waals surface area contributed by atoms with Gasteiger partial charge in [-0.2, -0.15) is 0 Å². The highest BCUT2D eigenvalue weighted by atomic mass is 16.5. The first-order chi connectivity index (χ1) is 8.45. The molecular weight excluding hydrogens is 234 g/mol. The molecule has 5 heteroatoms. The van der Waals surface area contributed by atoms with E-state index in [-0.39, 0.29) is 24.2 Å². The predicted molar refractivity (Wildman–Crippen MR) is 66.6 cm³/mol. The van der Waals surface area contributed by atoms with Crippen molar-refractivity contribution in [1.82, 2.24) is 4.57 Å². The van der Waals surface area contributed by atoms with Crippen molar-refractivity contribution in [3.8, 4) is 0 Å². The van der Waals surface area contributed by atoms with Gasteiger partial charge in [0.15, 0.2) is 0 Å². The molecule has 0 aliphatic rings. The Labute approximate surface area is 106 Å². The van der Waals surface area contributed by atoms with Crippen LogP contribution in [0.25, 0.3) is 0 Å². The van der Waals surface area contributed by atoms with Crippen molar-refractivity contribution in [2.24, 2.45) is 0 Å². The molecule has 0 aromatic carbocycles. The fourth-order valence-electron chi connectivity index (χ4n) is 1.80. The van der Waals surface area contributed by atoms with Gasteiger partial charge >= 0.3 is 11.9 Å². The maximum atomic E-state index is 11.6. The first-order valence-electron chi connectivity index (χ1n) is 6.06. The molecule has 0 unspecified atom stereocenters. The van der Waals surface area contributed by atoms with Crippen LogP contribution < -0.4 is 0 Å². The van der Waals surface area contributed by atoms with Crippen LogP contribution in [-0.2, 0) is 22.5 Å². The number of rotatable bonds is 6. The normalized spacial score (nSPS) is 10.7. The molecule has 1 heterocycles. The van der Waals surface area contributed by atoms with Crippen molar-refractivity contribution < 1.29 is 19.4 Å². The fourth-order valence-corrected chi connectivity index (χ4v) is 1.80. The minimum Gasteiger partial charge on any atom is -0.478 e. The molecule has 0 aliphatic carbocycles. The third kappa shape index (κ3) is 3.61. The summed E-state index contributed by atoms with van der Waals surface area (Å²) >= 11 is 0. The third-order valence-corrected chi connectivity index (χ3v) is 2.46. The van der Waals surface area contributed by atoms with E-state index in [2.05, 4.69) is 0 Å². The highest BCUT2D eigenvalue weighted by Crippen LogP contribution is 2.14. The van der Waals surface area contributed by atoms with Crippen LogP contribution in [0.2, 0.25) is 0 Å². The van der Waals surface area contributed by atoms with E-state index in [0.717, 1.165) is 6.42 Å². The van der Waals surface area contributed by atoms with Gasteiger partial charge in [-0.05, 0) is 26.3 Å². The SMILES string of the molecule is CCCc1c(C(=O)O)ccn1CC(=O)OC(C)C. The second-order valence-corrected chi connectivity index (χ2v) is 4.40. The zero-order valence-corrected chi connectivity index (χ0v) is 11.0. The molecule has 0 radical (unpaired) electrons. The van der Waals surface area contributed by atoms with Crippen molar-refractivity contribution in [3.05, 3.63) is 23.5 Å². The second-order valence-electron chi connectivity index (χ2n) is 4.40. The number of carboxylic acid groups (broad SMARTS) is 1. The first kappa shape index (κ1) is 14.3. The zero-order chi connectivity index (χ0) is 13.7. The van der Waals surface area contributed by atoms with E-state index >= 15 is 0 Å². The molecule has 1 rings (SSSR count). The maximum absolute atomic E-state index is 11.6. The summed E-state index contributed by atoms with van der Waals surface area (Å²) < 4.78 is 6.70. The van der Waals surface area contributed by atoms with Crippen molar-refractivity contribution in [1.29, 1.82) is 0 Å². The quantitative estimate of drug-likeness (QED) is 0.788. The van der Waals surface area contributed by atoms with Crippen LogP contribution in [0.1, 0.15) is 43.2 Å². The predicted octanol–water partition coefficient (Wildman–Crippen LogP) is 2.09. The highest BCUT2D eigenvalue weighted by Gasteiger charge is 2.16.